The SMILES string of the molecule is COc1c(O)cc(F)c(C2(CN)CCCC2)c1Br. The molecule has 0 saturated heterocycles. The van der Waals surface area contributed by atoms with Crippen molar-refractivity contribution in [2.75, 3.05) is 13.7 Å². The van der Waals surface area contributed by atoms with Crippen molar-refractivity contribution >= 4 is 15.9 Å². The van der Waals surface area contributed by atoms with Crippen LogP contribution in [0.15, 0.2) is 10.5 Å². The smallest absolute Gasteiger partial charge is 0.175 e. The molecule has 0 spiro atoms. The molecule has 1 fully saturated rings. The highest BCUT2D eigenvalue weighted by molar-refractivity contribution is 9.10. The first-order valence-corrected chi connectivity index (χ1v) is 6.80. The van der Waals surface area contributed by atoms with Gasteiger partial charge in [-0.1, -0.05) is 12.8 Å². The molecule has 1 aliphatic carbocycles. The summed E-state index contributed by atoms with van der Waals surface area (Å²) in [6.45, 7) is 0.399. The lowest BCUT2D eigenvalue weighted by Gasteiger charge is -2.30. The lowest BCUT2D eigenvalue weighted by molar-refractivity contribution is 0.359. The zero-order valence-electron chi connectivity index (χ0n) is 10.3. The summed E-state index contributed by atoms with van der Waals surface area (Å²) >= 11 is 3.35. The van der Waals surface area contributed by atoms with E-state index in [9.17, 15) is 9.50 Å². The van der Waals surface area contributed by atoms with E-state index in [0.29, 0.717) is 16.6 Å². The van der Waals surface area contributed by atoms with Gasteiger partial charge < -0.3 is 15.6 Å². The summed E-state index contributed by atoms with van der Waals surface area (Å²) in [5.74, 6) is -0.352. The number of hydrogen-bond donors (Lipinski definition) is 2. The van der Waals surface area contributed by atoms with Crippen LogP contribution >= 0.6 is 15.9 Å². The first-order chi connectivity index (χ1) is 8.55. The van der Waals surface area contributed by atoms with Crippen molar-refractivity contribution in [2.24, 2.45) is 5.73 Å². The molecular formula is C13H17BrFNO2. The van der Waals surface area contributed by atoms with Gasteiger partial charge in [-0.3, -0.25) is 0 Å². The number of benzene rings is 1. The van der Waals surface area contributed by atoms with Gasteiger partial charge in [-0.05, 0) is 28.8 Å². The molecule has 0 bridgehead atoms. The van der Waals surface area contributed by atoms with Crippen LogP contribution in [0.1, 0.15) is 31.2 Å². The topological polar surface area (TPSA) is 55.5 Å². The fourth-order valence-electron chi connectivity index (χ4n) is 2.88. The molecule has 0 aliphatic heterocycles. The molecule has 1 aromatic rings. The van der Waals surface area contributed by atoms with Crippen LogP contribution in [0.5, 0.6) is 11.5 Å². The third kappa shape index (κ3) is 1.99. The molecule has 18 heavy (non-hydrogen) atoms. The van der Waals surface area contributed by atoms with Crippen LogP contribution in [-0.4, -0.2) is 18.8 Å². The molecule has 3 N–H and O–H groups in total. The first kappa shape index (κ1) is 13.6. The second-order valence-electron chi connectivity index (χ2n) is 4.79. The Morgan fingerprint density at radius 1 is 1.50 bits per heavy atom. The van der Waals surface area contributed by atoms with E-state index in [2.05, 4.69) is 15.9 Å². The standard InChI is InChI=1S/C13H17BrFNO2/c1-18-12-9(17)6-8(15)10(11(12)14)13(7-16)4-2-3-5-13/h6,17H,2-5,7,16H2,1H3. The van der Waals surface area contributed by atoms with Gasteiger partial charge in [0, 0.05) is 23.6 Å². The van der Waals surface area contributed by atoms with Gasteiger partial charge in [-0.15, -0.1) is 0 Å². The molecule has 0 heterocycles. The zero-order chi connectivity index (χ0) is 13.3. The summed E-state index contributed by atoms with van der Waals surface area (Å²) in [5.41, 5.74) is 6.07. The maximum Gasteiger partial charge on any atom is 0.175 e. The van der Waals surface area contributed by atoms with Crippen LogP contribution in [0.4, 0.5) is 4.39 Å². The van der Waals surface area contributed by atoms with Gasteiger partial charge in [-0.2, -0.15) is 0 Å². The third-order valence-electron chi connectivity index (χ3n) is 3.84. The van der Waals surface area contributed by atoms with Gasteiger partial charge >= 0.3 is 0 Å². The first-order valence-electron chi connectivity index (χ1n) is 6.01. The summed E-state index contributed by atoms with van der Waals surface area (Å²) in [4.78, 5) is 0. The van der Waals surface area contributed by atoms with Crippen LogP contribution in [0.3, 0.4) is 0 Å². The minimum Gasteiger partial charge on any atom is -0.504 e. The molecule has 0 aromatic heterocycles. The van der Waals surface area contributed by atoms with Gasteiger partial charge in [0.2, 0.25) is 0 Å². The third-order valence-corrected chi connectivity index (χ3v) is 4.60. The van der Waals surface area contributed by atoms with Crippen molar-refractivity contribution in [3.8, 4) is 11.5 Å². The van der Waals surface area contributed by atoms with E-state index in [0.717, 1.165) is 31.7 Å². The zero-order valence-corrected chi connectivity index (χ0v) is 11.9. The normalized spacial score (nSPS) is 18.0. The van der Waals surface area contributed by atoms with Crippen LogP contribution in [-0.2, 0) is 5.41 Å². The van der Waals surface area contributed by atoms with Crippen LogP contribution in [0.2, 0.25) is 0 Å². The van der Waals surface area contributed by atoms with Crippen molar-refractivity contribution in [2.45, 2.75) is 31.1 Å². The second kappa shape index (κ2) is 5.05. The average Bonchev–Trinajstić information content (AvgIpc) is 2.78. The van der Waals surface area contributed by atoms with E-state index in [1.807, 2.05) is 0 Å². The number of phenolic OH excluding ortho intramolecular Hbond substituents is 1. The average molecular weight is 318 g/mol. The maximum absolute atomic E-state index is 14.2. The van der Waals surface area contributed by atoms with E-state index in [1.165, 1.54) is 7.11 Å². The molecule has 1 aromatic carbocycles. The van der Waals surface area contributed by atoms with Crippen molar-refractivity contribution in [3.05, 3.63) is 21.9 Å². The Bertz CT molecular complexity index is 459. The Hall–Kier alpha value is -0.810. The summed E-state index contributed by atoms with van der Waals surface area (Å²) in [7, 11) is 1.45. The minimum atomic E-state index is -0.424. The Labute approximate surface area is 114 Å². The Balaban J connectivity index is 2.63. The number of halogens is 2. The molecular weight excluding hydrogens is 301 g/mol. The fourth-order valence-corrected chi connectivity index (χ4v) is 3.85. The highest BCUT2D eigenvalue weighted by atomic mass is 79.9. The number of aromatic hydroxyl groups is 1. The van der Waals surface area contributed by atoms with E-state index < -0.39 is 5.82 Å². The number of methoxy groups -OCH3 is 1. The molecule has 2 rings (SSSR count). The highest BCUT2D eigenvalue weighted by Crippen LogP contribution is 2.49. The minimum absolute atomic E-state index is 0.198. The number of ether oxygens (including phenoxy) is 1. The maximum atomic E-state index is 14.2. The predicted octanol–water partition coefficient (Wildman–Crippen LogP) is 3.07. The lowest BCUT2D eigenvalue weighted by atomic mass is 9.78. The molecule has 0 radical (unpaired) electrons. The van der Waals surface area contributed by atoms with Crippen LogP contribution in [0, 0.1) is 5.82 Å². The Morgan fingerprint density at radius 2 is 2.11 bits per heavy atom. The van der Waals surface area contributed by atoms with Crippen molar-refractivity contribution in [1.82, 2.24) is 0 Å². The summed E-state index contributed by atoms with van der Waals surface area (Å²) < 4.78 is 19.8. The van der Waals surface area contributed by atoms with Crippen molar-refractivity contribution < 1.29 is 14.2 Å². The summed E-state index contributed by atoms with van der Waals surface area (Å²) in [6, 6.07) is 1.11. The van der Waals surface area contributed by atoms with Gasteiger partial charge in [0.15, 0.2) is 11.5 Å². The lowest BCUT2D eigenvalue weighted by Crippen LogP contribution is -2.33. The van der Waals surface area contributed by atoms with Gasteiger partial charge in [0.05, 0.1) is 11.6 Å². The highest BCUT2D eigenvalue weighted by Gasteiger charge is 2.39. The fraction of sp³-hybridized carbons (Fsp3) is 0.538. The monoisotopic (exact) mass is 317 g/mol. The molecule has 100 valence electrons. The van der Waals surface area contributed by atoms with Crippen LogP contribution in [0.25, 0.3) is 0 Å². The quantitative estimate of drug-likeness (QED) is 0.900. The number of phenols is 1. The van der Waals surface area contributed by atoms with E-state index in [-0.39, 0.29) is 16.9 Å². The molecule has 1 aliphatic rings. The van der Waals surface area contributed by atoms with Crippen LogP contribution < -0.4 is 10.5 Å². The molecule has 0 atom stereocenters. The second-order valence-corrected chi connectivity index (χ2v) is 5.58. The molecule has 1 saturated carbocycles. The predicted molar refractivity (Wildman–Crippen MR) is 71.5 cm³/mol. The van der Waals surface area contributed by atoms with Crippen molar-refractivity contribution in [1.29, 1.82) is 0 Å². The molecule has 3 nitrogen and oxygen atoms in total. The van der Waals surface area contributed by atoms with E-state index in [1.54, 1.807) is 0 Å². The molecule has 0 unspecified atom stereocenters. The van der Waals surface area contributed by atoms with Gasteiger partial charge in [0.25, 0.3) is 0 Å². The number of nitrogens with two attached hydrogens (primary N) is 1. The van der Waals surface area contributed by atoms with Gasteiger partial charge in [0.1, 0.15) is 5.82 Å². The van der Waals surface area contributed by atoms with E-state index in [4.69, 9.17) is 10.5 Å². The summed E-state index contributed by atoms with van der Waals surface area (Å²) in [6.07, 6.45) is 3.83. The molecule has 0 amide bonds. The summed E-state index contributed by atoms with van der Waals surface area (Å²) in [5, 5.41) is 9.67. The Kier molecular flexibility index (Phi) is 3.82. The molecule has 5 heteroatoms. The van der Waals surface area contributed by atoms with E-state index >= 15 is 0 Å². The van der Waals surface area contributed by atoms with Crippen molar-refractivity contribution in [3.63, 3.8) is 0 Å². The van der Waals surface area contributed by atoms with Gasteiger partial charge in [-0.25, -0.2) is 4.39 Å². The largest absolute Gasteiger partial charge is 0.504 e. The number of rotatable bonds is 3. The Morgan fingerprint density at radius 3 is 2.61 bits per heavy atom. The number of hydrogen-bond acceptors (Lipinski definition) is 3.